The Morgan fingerprint density at radius 3 is 1.05 bits per heavy atom. The second-order valence-corrected chi connectivity index (χ2v) is 10.3. The summed E-state index contributed by atoms with van der Waals surface area (Å²) in [5.74, 6) is -1.61. The maximum atomic E-state index is 13.5. The maximum Gasteiger partial charge on any atom is 0.261 e. The van der Waals surface area contributed by atoms with E-state index < -0.39 is 23.6 Å². The molecule has 7 rings (SSSR count). The molecule has 0 spiro atoms. The van der Waals surface area contributed by atoms with Gasteiger partial charge in [-0.3, -0.25) is 29.0 Å². The van der Waals surface area contributed by atoms with Crippen LogP contribution in [-0.4, -0.2) is 96.4 Å². The molecule has 2 N–H and O–H groups in total. The highest BCUT2D eigenvalue weighted by Crippen LogP contribution is 2.46. The van der Waals surface area contributed by atoms with Crippen molar-refractivity contribution in [3.63, 3.8) is 0 Å². The van der Waals surface area contributed by atoms with Gasteiger partial charge in [0.15, 0.2) is 0 Å². The van der Waals surface area contributed by atoms with E-state index in [2.05, 4.69) is 0 Å². The molecule has 10 heteroatoms. The molecule has 0 aromatic heterocycles. The Kier molecular flexibility index (Phi) is 6.36. The van der Waals surface area contributed by atoms with Crippen LogP contribution in [0.5, 0.6) is 0 Å². The number of benzene rings is 5. The zero-order valence-electron chi connectivity index (χ0n) is 22.5. The molecular weight excluding hydrogens is 540 g/mol. The van der Waals surface area contributed by atoms with Crippen LogP contribution < -0.4 is 0 Å². The van der Waals surface area contributed by atoms with Gasteiger partial charge in [-0.25, -0.2) is 0 Å². The van der Waals surface area contributed by atoms with Crippen molar-refractivity contribution in [1.29, 1.82) is 0 Å². The molecule has 10 nitrogen and oxygen atoms in total. The molecule has 0 fully saturated rings. The van der Waals surface area contributed by atoms with E-state index >= 15 is 0 Å². The second-order valence-electron chi connectivity index (χ2n) is 10.3. The summed E-state index contributed by atoms with van der Waals surface area (Å²) in [4.78, 5) is 56.3. The van der Waals surface area contributed by atoms with Crippen LogP contribution >= 0.6 is 0 Å². The van der Waals surface area contributed by atoms with Crippen molar-refractivity contribution >= 4 is 66.7 Å². The van der Waals surface area contributed by atoms with Gasteiger partial charge in [-0.2, -0.15) is 0 Å². The Bertz CT molecular complexity index is 1700. The summed E-state index contributed by atoms with van der Waals surface area (Å²) in [7, 11) is 0. The van der Waals surface area contributed by atoms with Crippen LogP contribution in [-0.2, 0) is 9.47 Å². The molecule has 0 atom stereocenters. The third-order valence-electron chi connectivity index (χ3n) is 8.19. The van der Waals surface area contributed by atoms with Crippen molar-refractivity contribution in [2.75, 3.05) is 52.7 Å². The Balaban J connectivity index is 1.40. The number of carbonyl (C=O) groups is 4. The standard InChI is InChI=1S/C32H26N2O8/c35-11-15-41-13-9-33-29(37)21-5-1-17-18-2-6-23-28-24(32(40)34(31(23)39)10-14-42-16-12-36)8-4-20(26(18)28)19-3-7-22(30(33)38)27(21)25(17)19/h1-8,35-36H,9-16H2. The van der Waals surface area contributed by atoms with E-state index in [1.165, 1.54) is 9.80 Å². The summed E-state index contributed by atoms with van der Waals surface area (Å²) in [6, 6.07) is 14.4. The number of aliphatic hydroxyl groups is 2. The zero-order chi connectivity index (χ0) is 29.1. The fourth-order valence-electron chi connectivity index (χ4n) is 6.42. The van der Waals surface area contributed by atoms with Crippen LogP contribution in [0.25, 0.3) is 43.1 Å². The highest BCUT2D eigenvalue weighted by atomic mass is 16.5. The molecule has 5 aromatic rings. The highest BCUT2D eigenvalue weighted by Gasteiger charge is 2.36. The molecule has 0 saturated heterocycles. The molecular formula is C32H26N2O8. The third-order valence-corrected chi connectivity index (χ3v) is 8.19. The first-order chi connectivity index (χ1) is 20.5. The number of amides is 4. The summed E-state index contributed by atoms with van der Waals surface area (Å²) in [6.07, 6.45) is 0. The van der Waals surface area contributed by atoms with Gasteiger partial charge in [-0.05, 0) is 56.6 Å². The minimum Gasteiger partial charge on any atom is -0.394 e. The molecule has 2 aliphatic rings. The first-order valence-corrected chi connectivity index (χ1v) is 13.8. The van der Waals surface area contributed by atoms with Crippen molar-refractivity contribution in [1.82, 2.24) is 9.80 Å². The molecule has 2 aliphatic heterocycles. The molecule has 0 saturated carbocycles. The van der Waals surface area contributed by atoms with Crippen LogP contribution in [0.4, 0.5) is 0 Å². The lowest BCUT2D eigenvalue weighted by Crippen LogP contribution is -2.42. The van der Waals surface area contributed by atoms with Crippen LogP contribution in [0, 0.1) is 0 Å². The minimum atomic E-state index is -0.404. The van der Waals surface area contributed by atoms with E-state index in [9.17, 15) is 19.2 Å². The highest BCUT2D eigenvalue weighted by molar-refractivity contribution is 6.41. The molecule has 4 amide bonds. The van der Waals surface area contributed by atoms with E-state index in [4.69, 9.17) is 19.7 Å². The smallest absolute Gasteiger partial charge is 0.261 e. The third kappa shape index (κ3) is 3.66. The lowest BCUT2D eigenvalue weighted by molar-refractivity contribution is 0.0467. The van der Waals surface area contributed by atoms with E-state index in [0.717, 1.165) is 32.3 Å². The molecule has 2 heterocycles. The summed E-state index contributed by atoms with van der Waals surface area (Å²) in [5.41, 5.74) is 1.69. The molecule has 0 radical (unpaired) electrons. The Morgan fingerprint density at radius 1 is 0.452 bits per heavy atom. The van der Waals surface area contributed by atoms with Gasteiger partial charge in [0.1, 0.15) is 0 Å². The largest absolute Gasteiger partial charge is 0.394 e. The number of fused-ring (bicyclic) bond motifs is 2. The van der Waals surface area contributed by atoms with Gasteiger partial charge in [0.25, 0.3) is 23.6 Å². The zero-order valence-corrected chi connectivity index (χ0v) is 22.5. The number of hydrogen-bond donors (Lipinski definition) is 2. The van der Waals surface area contributed by atoms with Crippen molar-refractivity contribution in [3.8, 4) is 0 Å². The van der Waals surface area contributed by atoms with Crippen molar-refractivity contribution in [2.24, 2.45) is 0 Å². The minimum absolute atomic E-state index is 0.0719. The van der Waals surface area contributed by atoms with Crippen molar-refractivity contribution < 1.29 is 38.9 Å². The van der Waals surface area contributed by atoms with Gasteiger partial charge in [-0.1, -0.05) is 24.3 Å². The SMILES string of the molecule is O=C1c2ccc3c4ccc5c6c(ccc(c7ccc(c2c37)C(=O)N1CCOCCO)c64)C(=O)N(CCOCCO)C5=O. The van der Waals surface area contributed by atoms with Gasteiger partial charge >= 0.3 is 0 Å². The lowest BCUT2D eigenvalue weighted by Gasteiger charge is -2.30. The van der Waals surface area contributed by atoms with Gasteiger partial charge < -0.3 is 19.7 Å². The molecule has 5 aromatic carbocycles. The molecule has 0 aliphatic carbocycles. The van der Waals surface area contributed by atoms with E-state index in [-0.39, 0.29) is 52.7 Å². The maximum absolute atomic E-state index is 13.5. The number of aliphatic hydroxyl groups excluding tert-OH is 2. The average Bonchev–Trinajstić information content (AvgIpc) is 3.01. The van der Waals surface area contributed by atoms with Gasteiger partial charge in [0, 0.05) is 33.0 Å². The second kappa shape index (κ2) is 10.1. The average molecular weight is 567 g/mol. The van der Waals surface area contributed by atoms with Gasteiger partial charge in [0.2, 0.25) is 0 Å². The van der Waals surface area contributed by atoms with E-state index in [1.54, 1.807) is 24.3 Å². The molecule has 0 bridgehead atoms. The van der Waals surface area contributed by atoms with Crippen LogP contribution in [0.1, 0.15) is 41.4 Å². The lowest BCUT2D eigenvalue weighted by atomic mass is 9.82. The Hall–Kier alpha value is -4.48. The number of hydrogen-bond acceptors (Lipinski definition) is 8. The van der Waals surface area contributed by atoms with Gasteiger partial charge in [-0.15, -0.1) is 0 Å². The number of imide groups is 2. The summed E-state index contributed by atoms with van der Waals surface area (Å²) in [6.45, 7) is 0.344. The normalized spacial score (nSPS) is 15.0. The molecule has 42 heavy (non-hydrogen) atoms. The fourth-order valence-corrected chi connectivity index (χ4v) is 6.42. The number of nitrogens with zero attached hydrogens (tertiary/aromatic N) is 2. The first-order valence-electron chi connectivity index (χ1n) is 13.8. The van der Waals surface area contributed by atoms with Crippen LogP contribution in [0.15, 0.2) is 48.5 Å². The topological polar surface area (TPSA) is 134 Å². The predicted octanol–water partition coefficient (Wildman–Crippen LogP) is 2.95. The van der Waals surface area contributed by atoms with E-state index in [1.807, 2.05) is 24.3 Å². The monoisotopic (exact) mass is 566 g/mol. The van der Waals surface area contributed by atoms with E-state index in [0.29, 0.717) is 33.0 Å². The Labute approximate surface area is 238 Å². The summed E-state index contributed by atoms with van der Waals surface area (Å²) in [5, 5.41) is 24.0. The summed E-state index contributed by atoms with van der Waals surface area (Å²) >= 11 is 0. The van der Waals surface area contributed by atoms with Crippen molar-refractivity contribution in [2.45, 2.75) is 0 Å². The fraction of sp³-hybridized carbons (Fsp3) is 0.250. The van der Waals surface area contributed by atoms with Crippen molar-refractivity contribution in [3.05, 3.63) is 70.8 Å². The van der Waals surface area contributed by atoms with Gasteiger partial charge in [0.05, 0.1) is 52.7 Å². The Morgan fingerprint density at radius 2 is 0.762 bits per heavy atom. The van der Waals surface area contributed by atoms with Crippen LogP contribution in [0.3, 0.4) is 0 Å². The number of rotatable bonds is 10. The number of carbonyl (C=O) groups excluding carboxylic acids is 4. The number of ether oxygens (including phenoxy) is 2. The first kappa shape index (κ1) is 26.4. The molecule has 212 valence electrons. The molecule has 0 unspecified atom stereocenters. The predicted molar refractivity (Wildman–Crippen MR) is 154 cm³/mol. The van der Waals surface area contributed by atoms with Crippen LogP contribution in [0.2, 0.25) is 0 Å². The summed E-state index contributed by atoms with van der Waals surface area (Å²) < 4.78 is 10.6. The quantitative estimate of drug-likeness (QED) is 0.114.